The molecule has 2 saturated heterocycles. The first-order chi connectivity index (χ1) is 20.0. The van der Waals surface area contributed by atoms with E-state index in [1.54, 1.807) is 4.90 Å². The van der Waals surface area contributed by atoms with E-state index in [1.165, 1.54) is 62.0 Å². The first-order valence-corrected chi connectivity index (χ1v) is 14.5. The Hall–Kier alpha value is -4.31. The van der Waals surface area contributed by atoms with Crippen LogP contribution < -0.4 is 14.4 Å². The summed E-state index contributed by atoms with van der Waals surface area (Å²) < 4.78 is 11.4. The van der Waals surface area contributed by atoms with Crippen LogP contribution in [0.5, 0.6) is 11.5 Å². The Morgan fingerprint density at radius 2 is 1.76 bits per heavy atom. The van der Waals surface area contributed by atoms with Crippen molar-refractivity contribution in [3.63, 3.8) is 0 Å². The first-order valence-electron chi connectivity index (χ1n) is 13.6. The molecular formula is C31H32N4O5S. The van der Waals surface area contributed by atoms with Crippen LogP contribution in [0.4, 0.5) is 17.1 Å². The van der Waals surface area contributed by atoms with E-state index in [2.05, 4.69) is 17.0 Å². The zero-order chi connectivity index (χ0) is 28.8. The highest BCUT2D eigenvalue weighted by Gasteiger charge is 2.33. The number of ether oxygens (including phenoxy) is 2. The number of rotatable bonds is 9. The molecule has 2 fully saturated rings. The predicted octanol–water partition coefficient (Wildman–Crippen LogP) is 6.80. The molecule has 41 heavy (non-hydrogen) atoms. The van der Waals surface area contributed by atoms with Crippen molar-refractivity contribution >= 4 is 46.0 Å². The molecule has 0 unspecified atom stereocenters. The third kappa shape index (κ3) is 6.54. The third-order valence-corrected chi connectivity index (χ3v) is 8.04. The van der Waals surface area contributed by atoms with Crippen molar-refractivity contribution in [2.24, 2.45) is 4.99 Å². The smallest absolute Gasteiger partial charge is 0.280 e. The van der Waals surface area contributed by atoms with Crippen molar-refractivity contribution in [2.75, 3.05) is 31.6 Å². The third-order valence-electron chi connectivity index (χ3n) is 7.03. The molecule has 0 radical (unpaired) electrons. The lowest BCUT2D eigenvalue weighted by Crippen LogP contribution is -2.29. The molecule has 9 nitrogen and oxygen atoms in total. The second kappa shape index (κ2) is 12.9. The maximum Gasteiger partial charge on any atom is 0.280 e. The van der Waals surface area contributed by atoms with Crippen LogP contribution in [-0.2, 0) is 11.4 Å². The van der Waals surface area contributed by atoms with Gasteiger partial charge in [-0.3, -0.25) is 19.8 Å². The number of methoxy groups -OCH3 is 1. The molecule has 1 amide bonds. The van der Waals surface area contributed by atoms with Gasteiger partial charge in [0.05, 0.1) is 34.3 Å². The minimum absolute atomic E-state index is 0.184. The van der Waals surface area contributed by atoms with Crippen molar-refractivity contribution in [1.29, 1.82) is 0 Å². The monoisotopic (exact) mass is 572 g/mol. The standard InChI is InChI=1S/C31H32N4O5S/c1-3-34-30(36)29(41-31(34)32-24-12-14-25(15-13-24)33-16-8-5-9-17-33)19-23-18-27(39-2)28(20-26(23)35(37)38)40-21-22-10-6-4-7-11-22/h4,6-7,10-15,18-20H,3,5,8-9,16-17,21H2,1-2H3/b29-19-,32-31?. The number of benzene rings is 3. The Balaban J connectivity index is 1.40. The van der Waals surface area contributed by atoms with Crippen LogP contribution in [-0.4, -0.2) is 47.6 Å². The molecule has 212 valence electrons. The quantitative estimate of drug-likeness (QED) is 0.158. The lowest BCUT2D eigenvalue weighted by molar-refractivity contribution is -0.385. The SMILES string of the molecule is CCN1C(=O)/C(=C/c2cc(OC)c(OCc3ccccc3)cc2[N+](=O)[O-])SC1=Nc1ccc(N2CCCCC2)cc1. The lowest BCUT2D eigenvalue weighted by Gasteiger charge is -2.28. The number of amides is 1. The van der Waals surface area contributed by atoms with Gasteiger partial charge in [-0.05, 0) is 79.9 Å². The number of nitro groups is 1. The van der Waals surface area contributed by atoms with E-state index in [4.69, 9.17) is 14.5 Å². The van der Waals surface area contributed by atoms with Gasteiger partial charge in [-0.2, -0.15) is 0 Å². The molecular weight excluding hydrogens is 540 g/mol. The zero-order valence-electron chi connectivity index (χ0n) is 23.1. The molecule has 0 N–H and O–H groups in total. The van der Waals surface area contributed by atoms with Crippen LogP contribution in [0.25, 0.3) is 6.08 Å². The summed E-state index contributed by atoms with van der Waals surface area (Å²) in [4.78, 5) is 33.9. The Kier molecular flexibility index (Phi) is 8.88. The fourth-order valence-electron chi connectivity index (χ4n) is 4.86. The zero-order valence-corrected chi connectivity index (χ0v) is 23.9. The maximum atomic E-state index is 13.3. The van der Waals surface area contributed by atoms with Crippen LogP contribution in [0.2, 0.25) is 0 Å². The van der Waals surface area contributed by atoms with Crippen molar-refractivity contribution in [2.45, 2.75) is 32.8 Å². The van der Waals surface area contributed by atoms with Crippen molar-refractivity contribution in [3.05, 3.63) is 92.9 Å². The van der Waals surface area contributed by atoms with Crippen molar-refractivity contribution in [3.8, 4) is 11.5 Å². The van der Waals surface area contributed by atoms with E-state index in [1.807, 2.05) is 49.4 Å². The van der Waals surface area contributed by atoms with Gasteiger partial charge in [0.25, 0.3) is 11.6 Å². The summed E-state index contributed by atoms with van der Waals surface area (Å²) in [7, 11) is 1.48. The fourth-order valence-corrected chi connectivity index (χ4v) is 5.91. The van der Waals surface area contributed by atoms with E-state index in [-0.39, 0.29) is 29.5 Å². The first kappa shape index (κ1) is 28.2. The van der Waals surface area contributed by atoms with Gasteiger partial charge in [0.15, 0.2) is 16.7 Å². The number of likely N-dealkylation sites (N-methyl/N-ethyl adjacent to an activating group) is 1. The van der Waals surface area contributed by atoms with E-state index < -0.39 is 4.92 Å². The van der Waals surface area contributed by atoms with Crippen LogP contribution in [0.3, 0.4) is 0 Å². The van der Waals surface area contributed by atoms with Crippen molar-refractivity contribution < 1.29 is 19.2 Å². The number of amidine groups is 1. The topological polar surface area (TPSA) is 97.5 Å². The minimum atomic E-state index is -0.484. The largest absolute Gasteiger partial charge is 0.493 e. The van der Waals surface area contributed by atoms with Crippen LogP contribution >= 0.6 is 11.8 Å². The number of piperidine rings is 1. The molecule has 0 saturated carbocycles. The second-order valence-corrected chi connectivity index (χ2v) is 10.7. The molecule has 3 aromatic rings. The van der Waals surface area contributed by atoms with Gasteiger partial charge in [-0.15, -0.1) is 0 Å². The van der Waals surface area contributed by atoms with Crippen LogP contribution in [0.1, 0.15) is 37.3 Å². The highest BCUT2D eigenvalue weighted by molar-refractivity contribution is 8.18. The second-order valence-electron chi connectivity index (χ2n) is 9.71. The van der Waals surface area contributed by atoms with Crippen molar-refractivity contribution in [1.82, 2.24) is 4.90 Å². The number of thioether (sulfide) groups is 1. The number of hydrogen-bond donors (Lipinski definition) is 0. The highest BCUT2D eigenvalue weighted by atomic mass is 32.2. The van der Waals surface area contributed by atoms with E-state index in [0.717, 1.165) is 24.3 Å². The minimum Gasteiger partial charge on any atom is -0.493 e. The number of hydrogen-bond acceptors (Lipinski definition) is 8. The maximum absolute atomic E-state index is 13.3. The normalized spacial score (nSPS) is 17.4. The number of anilines is 1. The molecule has 10 heteroatoms. The fraction of sp³-hybridized carbons (Fsp3) is 0.290. The van der Waals surface area contributed by atoms with Gasteiger partial charge in [-0.25, -0.2) is 4.99 Å². The number of aliphatic imine (C=N–C) groups is 1. The molecule has 0 aromatic heterocycles. The van der Waals surface area contributed by atoms with Gasteiger partial charge in [0, 0.05) is 25.3 Å². The lowest BCUT2D eigenvalue weighted by atomic mass is 10.1. The summed E-state index contributed by atoms with van der Waals surface area (Å²) in [5.74, 6) is 0.337. The molecule has 0 aliphatic carbocycles. The molecule has 2 aliphatic rings. The van der Waals surface area contributed by atoms with Gasteiger partial charge < -0.3 is 14.4 Å². The molecule has 5 rings (SSSR count). The average Bonchev–Trinajstić information content (AvgIpc) is 3.30. The molecule has 0 atom stereocenters. The number of nitro benzene ring substituents is 1. The van der Waals surface area contributed by atoms with Gasteiger partial charge in [-0.1, -0.05) is 30.3 Å². The van der Waals surface area contributed by atoms with Gasteiger partial charge in [0.2, 0.25) is 0 Å². The summed E-state index contributed by atoms with van der Waals surface area (Å²) in [6.45, 7) is 4.65. The molecule has 0 bridgehead atoms. The summed E-state index contributed by atoms with van der Waals surface area (Å²) >= 11 is 1.20. The van der Waals surface area contributed by atoms with E-state index in [0.29, 0.717) is 22.4 Å². The van der Waals surface area contributed by atoms with Crippen LogP contribution in [0.15, 0.2) is 76.6 Å². The van der Waals surface area contributed by atoms with Crippen LogP contribution in [0, 0.1) is 10.1 Å². The van der Waals surface area contributed by atoms with E-state index in [9.17, 15) is 14.9 Å². The summed E-state index contributed by atoms with van der Waals surface area (Å²) in [5, 5.41) is 12.6. The molecule has 2 aliphatic heterocycles. The molecule has 2 heterocycles. The number of nitrogens with zero attached hydrogens (tertiary/aromatic N) is 4. The average molecular weight is 573 g/mol. The summed E-state index contributed by atoms with van der Waals surface area (Å²) in [6.07, 6.45) is 5.21. The molecule has 0 spiro atoms. The molecule has 3 aromatic carbocycles. The highest BCUT2D eigenvalue weighted by Crippen LogP contribution is 2.40. The summed E-state index contributed by atoms with van der Waals surface area (Å²) in [6, 6.07) is 20.4. The Morgan fingerprint density at radius 1 is 1.02 bits per heavy atom. The van der Waals surface area contributed by atoms with Gasteiger partial charge >= 0.3 is 0 Å². The Labute approximate surface area is 243 Å². The predicted molar refractivity (Wildman–Crippen MR) is 163 cm³/mol. The number of carbonyl (C=O) groups is 1. The van der Waals surface area contributed by atoms with E-state index >= 15 is 0 Å². The van der Waals surface area contributed by atoms with Gasteiger partial charge in [0.1, 0.15) is 6.61 Å². The Morgan fingerprint density at radius 3 is 2.41 bits per heavy atom. The Bertz CT molecular complexity index is 1470. The number of carbonyl (C=O) groups excluding carboxylic acids is 1. The summed E-state index contributed by atoms with van der Waals surface area (Å²) in [5.41, 5.74) is 2.90.